The normalized spacial score (nSPS) is 20.1. The summed E-state index contributed by atoms with van der Waals surface area (Å²) in [5, 5.41) is 9.95. The predicted octanol–water partition coefficient (Wildman–Crippen LogP) is 1.83. The molecule has 2 aliphatic rings. The Morgan fingerprint density at radius 3 is 2.38 bits per heavy atom. The Labute approximate surface area is 142 Å². The molecule has 3 rings (SSSR count). The molecule has 2 fully saturated rings. The van der Waals surface area contributed by atoms with Crippen molar-refractivity contribution in [2.75, 3.05) is 20.2 Å². The van der Waals surface area contributed by atoms with Crippen LogP contribution in [0.25, 0.3) is 0 Å². The third-order valence-electron chi connectivity index (χ3n) is 5.34. The van der Waals surface area contributed by atoms with Gasteiger partial charge in [-0.05, 0) is 51.5 Å². The van der Waals surface area contributed by atoms with E-state index in [9.17, 15) is 14.7 Å². The summed E-state index contributed by atoms with van der Waals surface area (Å²) in [6.07, 6.45) is 2.53. The molecule has 0 bridgehead atoms. The maximum absolute atomic E-state index is 12.9. The lowest BCUT2D eigenvalue weighted by molar-refractivity contribution is -0.154. The second-order valence-corrected chi connectivity index (χ2v) is 6.98. The number of aliphatic hydroxyl groups excluding tert-OH is 1. The summed E-state index contributed by atoms with van der Waals surface area (Å²) >= 11 is 0. The lowest BCUT2D eigenvalue weighted by atomic mass is 9.91. The molecule has 1 amide bonds. The van der Waals surface area contributed by atoms with Gasteiger partial charge in [0.15, 0.2) is 6.10 Å². The average Bonchev–Trinajstić information content (AvgIpc) is 3.38. The maximum Gasteiger partial charge on any atom is 0.334 e. The SMILES string of the molecule is COC(=O)C(O)C1CCN(C(=O)c2cc(C)n(C3CC3)c2C)CC1. The van der Waals surface area contributed by atoms with E-state index in [0.717, 1.165) is 17.0 Å². The van der Waals surface area contributed by atoms with Crippen LogP contribution < -0.4 is 0 Å². The summed E-state index contributed by atoms with van der Waals surface area (Å²) in [7, 11) is 1.28. The van der Waals surface area contributed by atoms with E-state index in [4.69, 9.17) is 0 Å². The van der Waals surface area contributed by atoms with E-state index < -0.39 is 12.1 Å². The number of carbonyl (C=O) groups is 2. The Balaban J connectivity index is 1.65. The van der Waals surface area contributed by atoms with Crippen molar-refractivity contribution in [2.24, 2.45) is 5.92 Å². The first-order valence-electron chi connectivity index (χ1n) is 8.67. The van der Waals surface area contributed by atoms with Crippen LogP contribution in [0.1, 0.15) is 53.5 Å². The van der Waals surface area contributed by atoms with Crippen LogP contribution in [0.3, 0.4) is 0 Å². The minimum Gasteiger partial charge on any atom is -0.467 e. The molecule has 1 saturated heterocycles. The highest BCUT2D eigenvalue weighted by atomic mass is 16.5. The highest BCUT2D eigenvalue weighted by Crippen LogP contribution is 2.38. The van der Waals surface area contributed by atoms with E-state index >= 15 is 0 Å². The Hall–Kier alpha value is -1.82. The molecule has 6 heteroatoms. The number of esters is 1. The first-order chi connectivity index (χ1) is 11.4. The summed E-state index contributed by atoms with van der Waals surface area (Å²) in [6, 6.07) is 2.55. The molecule has 1 aliphatic heterocycles. The van der Waals surface area contributed by atoms with Gasteiger partial charge in [0.25, 0.3) is 5.91 Å². The van der Waals surface area contributed by atoms with Crippen molar-refractivity contribution in [3.8, 4) is 0 Å². The lowest BCUT2D eigenvalue weighted by Crippen LogP contribution is -2.43. The molecule has 24 heavy (non-hydrogen) atoms. The number of hydrogen-bond acceptors (Lipinski definition) is 4. The van der Waals surface area contributed by atoms with Crippen molar-refractivity contribution in [3.63, 3.8) is 0 Å². The largest absolute Gasteiger partial charge is 0.467 e. The number of piperidine rings is 1. The minimum atomic E-state index is -1.09. The highest BCUT2D eigenvalue weighted by molar-refractivity contribution is 5.95. The summed E-state index contributed by atoms with van der Waals surface area (Å²) < 4.78 is 6.88. The van der Waals surface area contributed by atoms with Gasteiger partial charge >= 0.3 is 5.97 Å². The van der Waals surface area contributed by atoms with Gasteiger partial charge < -0.3 is 19.3 Å². The Morgan fingerprint density at radius 1 is 1.21 bits per heavy atom. The predicted molar refractivity (Wildman–Crippen MR) is 88.8 cm³/mol. The van der Waals surface area contributed by atoms with E-state index in [-0.39, 0.29) is 11.8 Å². The van der Waals surface area contributed by atoms with Gasteiger partial charge in [0.2, 0.25) is 0 Å². The van der Waals surface area contributed by atoms with Gasteiger partial charge in [-0.3, -0.25) is 4.79 Å². The number of rotatable bonds is 4. The maximum atomic E-state index is 12.9. The van der Waals surface area contributed by atoms with Crippen molar-refractivity contribution in [1.29, 1.82) is 0 Å². The molecule has 0 spiro atoms. The molecule has 1 saturated carbocycles. The molecule has 2 heterocycles. The zero-order valence-corrected chi connectivity index (χ0v) is 14.6. The van der Waals surface area contributed by atoms with Crippen LogP contribution in [0.2, 0.25) is 0 Å². The zero-order chi connectivity index (χ0) is 17.4. The van der Waals surface area contributed by atoms with Crippen molar-refractivity contribution in [1.82, 2.24) is 9.47 Å². The smallest absolute Gasteiger partial charge is 0.334 e. The summed E-state index contributed by atoms with van der Waals surface area (Å²) in [5.41, 5.74) is 2.98. The van der Waals surface area contributed by atoms with Crippen molar-refractivity contribution in [2.45, 2.75) is 51.7 Å². The quantitative estimate of drug-likeness (QED) is 0.853. The average molecular weight is 334 g/mol. The van der Waals surface area contributed by atoms with Crippen LogP contribution in [-0.2, 0) is 9.53 Å². The lowest BCUT2D eigenvalue weighted by Gasteiger charge is -2.33. The highest BCUT2D eigenvalue weighted by Gasteiger charge is 2.34. The standard InChI is InChI=1S/C18H26N2O4/c1-11-10-15(12(2)20(11)14-4-5-14)17(22)19-8-6-13(7-9-19)16(21)18(23)24-3/h10,13-14,16,21H,4-9H2,1-3H3. The van der Waals surface area contributed by atoms with Gasteiger partial charge in [0.05, 0.1) is 12.7 Å². The number of aliphatic hydroxyl groups is 1. The fraction of sp³-hybridized carbons (Fsp3) is 0.667. The van der Waals surface area contributed by atoms with Crippen LogP contribution in [-0.4, -0.2) is 52.8 Å². The molecule has 0 aromatic carbocycles. The number of likely N-dealkylation sites (tertiary alicyclic amines) is 1. The minimum absolute atomic E-state index is 0.0565. The van der Waals surface area contributed by atoms with Crippen LogP contribution in [0.15, 0.2) is 6.07 Å². The Morgan fingerprint density at radius 2 is 1.83 bits per heavy atom. The molecular formula is C18H26N2O4. The van der Waals surface area contributed by atoms with E-state index in [1.165, 1.54) is 20.0 Å². The van der Waals surface area contributed by atoms with Crippen molar-refractivity contribution in [3.05, 3.63) is 23.0 Å². The topological polar surface area (TPSA) is 71.8 Å². The van der Waals surface area contributed by atoms with Crippen LogP contribution >= 0.6 is 0 Å². The van der Waals surface area contributed by atoms with E-state index in [1.807, 2.05) is 17.9 Å². The molecule has 132 valence electrons. The van der Waals surface area contributed by atoms with E-state index in [1.54, 1.807) is 0 Å². The molecule has 1 N–H and O–H groups in total. The fourth-order valence-corrected chi connectivity index (χ4v) is 3.79. The number of aryl methyl sites for hydroxylation is 1. The van der Waals surface area contributed by atoms with Gasteiger partial charge in [-0.1, -0.05) is 0 Å². The number of hydrogen-bond donors (Lipinski definition) is 1. The van der Waals surface area contributed by atoms with Crippen LogP contribution in [0.5, 0.6) is 0 Å². The summed E-state index contributed by atoms with van der Waals surface area (Å²) in [5.74, 6) is -0.672. The van der Waals surface area contributed by atoms with Crippen LogP contribution in [0, 0.1) is 19.8 Å². The first-order valence-corrected chi connectivity index (χ1v) is 8.67. The zero-order valence-electron chi connectivity index (χ0n) is 14.6. The second kappa shape index (κ2) is 6.59. The third-order valence-corrected chi connectivity index (χ3v) is 5.34. The van der Waals surface area contributed by atoms with Gasteiger partial charge in [-0.15, -0.1) is 0 Å². The van der Waals surface area contributed by atoms with Crippen molar-refractivity contribution < 1.29 is 19.4 Å². The number of aromatic nitrogens is 1. The molecule has 6 nitrogen and oxygen atoms in total. The molecule has 1 atom stereocenters. The summed E-state index contributed by atoms with van der Waals surface area (Å²) in [6.45, 7) is 5.20. The molecule has 1 aromatic heterocycles. The van der Waals surface area contributed by atoms with Gasteiger partial charge in [-0.2, -0.15) is 0 Å². The first kappa shape index (κ1) is 17.0. The Bertz CT molecular complexity index is 640. The van der Waals surface area contributed by atoms with E-state index in [0.29, 0.717) is 32.0 Å². The number of amides is 1. The molecule has 1 unspecified atom stereocenters. The van der Waals surface area contributed by atoms with Crippen molar-refractivity contribution >= 4 is 11.9 Å². The third kappa shape index (κ3) is 3.07. The number of ether oxygens (including phenoxy) is 1. The summed E-state index contributed by atoms with van der Waals surface area (Å²) in [4.78, 5) is 26.1. The van der Waals surface area contributed by atoms with E-state index in [2.05, 4.69) is 16.2 Å². The fourth-order valence-electron chi connectivity index (χ4n) is 3.79. The number of methoxy groups -OCH3 is 1. The second-order valence-electron chi connectivity index (χ2n) is 6.98. The number of carbonyl (C=O) groups excluding carboxylic acids is 2. The molecule has 1 aliphatic carbocycles. The monoisotopic (exact) mass is 334 g/mol. The van der Waals surface area contributed by atoms with Crippen LogP contribution in [0.4, 0.5) is 0 Å². The van der Waals surface area contributed by atoms with Gasteiger partial charge in [0.1, 0.15) is 0 Å². The van der Waals surface area contributed by atoms with Gasteiger partial charge in [-0.25, -0.2) is 4.79 Å². The number of nitrogens with zero attached hydrogens (tertiary/aromatic N) is 2. The molecule has 0 radical (unpaired) electrons. The van der Waals surface area contributed by atoms with Gasteiger partial charge in [0, 0.05) is 30.5 Å². The Kier molecular flexibility index (Phi) is 4.67. The molecule has 1 aromatic rings. The molecular weight excluding hydrogens is 308 g/mol.